The first kappa shape index (κ1) is 23.8. The third kappa shape index (κ3) is 4.20. The fourth-order valence-electron chi connectivity index (χ4n) is 6.27. The molecule has 1 aromatic rings. The molecule has 3 N–H and O–H groups in total. The molecule has 8 nitrogen and oxygen atoms in total. The van der Waals surface area contributed by atoms with E-state index in [9.17, 15) is 32.7 Å². The summed E-state index contributed by atoms with van der Waals surface area (Å²) in [5.41, 5.74) is 6.93. The number of urea groups is 1. The molecule has 3 aliphatic heterocycles. The van der Waals surface area contributed by atoms with E-state index in [1.54, 1.807) is 6.07 Å². The van der Waals surface area contributed by atoms with Gasteiger partial charge in [-0.15, -0.1) is 13.2 Å². The summed E-state index contributed by atoms with van der Waals surface area (Å²) in [6, 6.07) is 4.00. The fourth-order valence-corrected chi connectivity index (χ4v) is 6.27. The lowest BCUT2D eigenvalue weighted by molar-refractivity contribution is -0.274. The Labute approximate surface area is 199 Å². The number of hydrogen-bond acceptors (Lipinski definition) is 6. The van der Waals surface area contributed by atoms with Gasteiger partial charge in [-0.25, -0.2) is 4.79 Å². The molecule has 11 heteroatoms. The van der Waals surface area contributed by atoms with Crippen LogP contribution in [0.15, 0.2) is 35.9 Å². The lowest BCUT2D eigenvalue weighted by Crippen LogP contribution is -2.63. The number of alkyl halides is 3. The molecule has 3 fully saturated rings. The predicted molar refractivity (Wildman–Crippen MR) is 115 cm³/mol. The minimum Gasteiger partial charge on any atom is -0.406 e. The number of nitrogens with zero attached hydrogens (tertiary/aromatic N) is 2. The Hall–Kier alpha value is -2.92. The summed E-state index contributed by atoms with van der Waals surface area (Å²) < 4.78 is 42.3. The van der Waals surface area contributed by atoms with Crippen LogP contribution in [0.5, 0.6) is 5.75 Å². The normalized spacial score (nSPS) is 30.5. The second kappa shape index (κ2) is 8.63. The third-order valence-electron chi connectivity index (χ3n) is 7.55. The van der Waals surface area contributed by atoms with Crippen molar-refractivity contribution >= 4 is 17.8 Å². The van der Waals surface area contributed by atoms with Crippen LogP contribution in [-0.2, 0) is 16.1 Å². The van der Waals surface area contributed by atoms with Crippen molar-refractivity contribution in [1.82, 2.24) is 9.80 Å². The van der Waals surface area contributed by atoms with Crippen LogP contribution in [0.4, 0.5) is 18.0 Å². The Bertz CT molecular complexity index is 1090. The van der Waals surface area contributed by atoms with Crippen molar-refractivity contribution in [2.24, 2.45) is 29.4 Å². The number of likely N-dealkylation sites (tertiary alicyclic amines) is 1. The van der Waals surface area contributed by atoms with Gasteiger partial charge in [-0.05, 0) is 49.3 Å². The number of rotatable bonds is 7. The van der Waals surface area contributed by atoms with E-state index in [1.807, 2.05) is 6.08 Å². The molecule has 0 aromatic heterocycles. The van der Waals surface area contributed by atoms with E-state index in [-0.39, 0.29) is 36.8 Å². The molecule has 35 heavy (non-hydrogen) atoms. The highest BCUT2D eigenvalue weighted by Gasteiger charge is 2.66. The average molecular weight is 493 g/mol. The number of carbonyl (C=O) groups excluding carboxylic acids is 3. The Morgan fingerprint density at radius 3 is 2.49 bits per heavy atom. The minimum atomic E-state index is -4.81. The van der Waals surface area contributed by atoms with Crippen LogP contribution in [-0.4, -0.2) is 57.8 Å². The molecule has 0 spiro atoms. The number of halogens is 3. The van der Waals surface area contributed by atoms with Gasteiger partial charge in [-0.3, -0.25) is 14.5 Å². The van der Waals surface area contributed by atoms with Crippen LogP contribution in [0.25, 0.3) is 0 Å². The topological polar surface area (TPSA) is 113 Å². The highest BCUT2D eigenvalue weighted by Crippen LogP contribution is 2.57. The number of fused-ring (bicyclic) bond motifs is 1. The van der Waals surface area contributed by atoms with E-state index in [0.29, 0.717) is 23.3 Å². The molecule has 2 saturated heterocycles. The number of nitrogens with two attached hydrogens (primary N) is 1. The number of ether oxygens (including phenoxy) is 1. The predicted octanol–water partition coefficient (Wildman–Crippen LogP) is 2.56. The minimum absolute atomic E-state index is 0.0209. The molecule has 2 aliphatic carbocycles. The largest absolute Gasteiger partial charge is 0.573 e. The number of carbonyl (C=O) groups is 3. The highest BCUT2D eigenvalue weighted by atomic mass is 19.4. The van der Waals surface area contributed by atoms with Crippen molar-refractivity contribution in [2.45, 2.75) is 50.7 Å². The van der Waals surface area contributed by atoms with Crippen LogP contribution in [0, 0.1) is 23.7 Å². The van der Waals surface area contributed by atoms with Gasteiger partial charge >= 0.3 is 12.4 Å². The molecular weight excluding hydrogens is 467 g/mol. The molecule has 1 saturated carbocycles. The van der Waals surface area contributed by atoms with Gasteiger partial charge < -0.3 is 15.6 Å². The Balaban J connectivity index is 1.52. The van der Waals surface area contributed by atoms with Gasteiger partial charge in [0.1, 0.15) is 5.75 Å². The quantitative estimate of drug-likeness (QED) is 0.446. The molecule has 3 heterocycles. The first-order valence-corrected chi connectivity index (χ1v) is 11.7. The van der Waals surface area contributed by atoms with Crippen LogP contribution in [0.1, 0.15) is 31.2 Å². The maximum atomic E-state index is 13.2. The molecule has 2 bridgehead atoms. The highest BCUT2D eigenvalue weighted by molar-refractivity contribution is 6.17. The standard InChI is InChI=1S/C24H26F3N3O5/c25-24(26,27)35-15-5-1-3-12(9-15)11-29-16-10-14(4-2-8-31)17(20(29)13-6-7-13)19-18(16)21(32)30(22(19)33)23(28)34/h1,3,5,9-10,13,16-20,31H,2,4,6-8,11H2,(H2,28,34). The van der Waals surface area contributed by atoms with Crippen LogP contribution in [0.2, 0.25) is 0 Å². The van der Waals surface area contributed by atoms with Crippen molar-refractivity contribution in [3.63, 3.8) is 0 Å². The average Bonchev–Trinajstić information content (AvgIpc) is 3.57. The van der Waals surface area contributed by atoms with E-state index >= 15 is 0 Å². The number of amides is 4. The Morgan fingerprint density at radius 1 is 1.14 bits per heavy atom. The van der Waals surface area contributed by atoms with Crippen LogP contribution < -0.4 is 10.5 Å². The second-order valence-electron chi connectivity index (χ2n) is 9.68. The monoisotopic (exact) mass is 493 g/mol. The molecular formula is C24H26F3N3O5. The third-order valence-corrected chi connectivity index (χ3v) is 7.55. The number of aliphatic hydroxyl groups is 1. The maximum absolute atomic E-state index is 13.2. The Morgan fingerprint density at radius 2 is 1.86 bits per heavy atom. The summed E-state index contributed by atoms with van der Waals surface area (Å²) in [7, 11) is 0. The maximum Gasteiger partial charge on any atom is 0.573 e. The molecule has 6 rings (SSSR count). The second-order valence-corrected chi connectivity index (χ2v) is 9.68. The summed E-state index contributed by atoms with van der Waals surface area (Å²) >= 11 is 0. The SMILES string of the molecule is NC(=O)N1C(=O)C2C(C1=O)C1C=C(CCCO)C2C(C2CC2)N1Cc1cccc(OC(F)(F)F)c1. The number of imide groups is 3. The van der Waals surface area contributed by atoms with E-state index in [2.05, 4.69) is 9.64 Å². The zero-order valence-electron chi connectivity index (χ0n) is 18.8. The van der Waals surface area contributed by atoms with Gasteiger partial charge in [0.15, 0.2) is 0 Å². The Kier molecular flexibility index (Phi) is 5.87. The lowest BCUT2D eigenvalue weighted by Gasteiger charge is -2.55. The number of aliphatic hydroxyl groups excluding tert-OH is 1. The molecule has 4 amide bonds. The van der Waals surface area contributed by atoms with E-state index in [1.165, 1.54) is 18.2 Å². The molecule has 0 radical (unpaired) electrons. The van der Waals surface area contributed by atoms with Crippen molar-refractivity contribution < 1.29 is 37.4 Å². The summed E-state index contributed by atoms with van der Waals surface area (Å²) in [6.07, 6.45) is 0.0764. The molecule has 188 valence electrons. The zero-order valence-corrected chi connectivity index (χ0v) is 18.8. The summed E-state index contributed by atoms with van der Waals surface area (Å²) in [5.74, 6) is -3.11. The first-order valence-electron chi connectivity index (χ1n) is 11.7. The molecule has 1 aromatic carbocycles. The lowest BCUT2D eigenvalue weighted by atomic mass is 9.61. The fraction of sp³-hybridized carbons (Fsp3) is 0.542. The van der Waals surface area contributed by atoms with E-state index in [0.717, 1.165) is 18.4 Å². The van der Waals surface area contributed by atoms with E-state index < -0.39 is 42.1 Å². The van der Waals surface area contributed by atoms with Gasteiger partial charge in [0.2, 0.25) is 11.8 Å². The molecule has 5 atom stereocenters. The van der Waals surface area contributed by atoms with Gasteiger partial charge in [-0.2, -0.15) is 4.90 Å². The van der Waals surface area contributed by atoms with Crippen molar-refractivity contribution in [1.29, 1.82) is 0 Å². The van der Waals surface area contributed by atoms with Crippen molar-refractivity contribution in [2.75, 3.05) is 6.61 Å². The number of hydrogen-bond donors (Lipinski definition) is 2. The van der Waals surface area contributed by atoms with Gasteiger partial charge in [0.05, 0.1) is 11.8 Å². The van der Waals surface area contributed by atoms with Crippen LogP contribution in [0.3, 0.4) is 0 Å². The summed E-state index contributed by atoms with van der Waals surface area (Å²) in [4.78, 5) is 41.0. The zero-order chi connectivity index (χ0) is 25.1. The summed E-state index contributed by atoms with van der Waals surface area (Å²) in [5, 5.41) is 9.38. The summed E-state index contributed by atoms with van der Waals surface area (Å²) in [6.45, 7) is 0.231. The molecule has 5 unspecified atom stereocenters. The smallest absolute Gasteiger partial charge is 0.406 e. The van der Waals surface area contributed by atoms with E-state index in [4.69, 9.17) is 5.73 Å². The van der Waals surface area contributed by atoms with Crippen molar-refractivity contribution in [3.05, 3.63) is 41.5 Å². The van der Waals surface area contributed by atoms with Gasteiger partial charge in [0, 0.05) is 31.2 Å². The van der Waals surface area contributed by atoms with Crippen molar-refractivity contribution in [3.8, 4) is 5.75 Å². The van der Waals surface area contributed by atoms with Crippen LogP contribution >= 0.6 is 0 Å². The van der Waals surface area contributed by atoms with Gasteiger partial charge in [-0.1, -0.05) is 23.8 Å². The first-order chi connectivity index (χ1) is 16.6. The number of benzene rings is 1. The number of primary amides is 1. The number of piperidine rings is 1. The van der Waals surface area contributed by atoms with Gasteiger partial charge in [0.25, 0.3) is 0 Å². The molecule has 5 aliphatic rings.